The molecule has 2 atom stereocenters. The van der Waals surface area contributed by atoms with E-state index in [0.29, 0.717) is 25.3 Å². The van der Waals surface area contributed by atoms with Gasteiger partial charge in [0.05, 0.1) is 12.2 Å². The van der Waals surface area contributed by atoms with Gasteiger partial charge in [0.15, 0.2) is 0 Å². The number of ether oxygens (including phenoxy) is 3. The Kier molecular flexibility index (Phi) is 34.1. The average Bonchev–Trinajstić information content (AvgIpc) is 2.94. The van der Waals surface area contributed by atoms with Gasteiger partial charge < -0.3 is 14.2 Å². The molecule has 0 aromatic rings. The van der Waals surface area contributed by atoms with Gasteiger partial charge in [-0.2, -0.15) is 0 Å². The number of hydrogen-bond donors (Lipinski definition) is 0. The van der Waals surface area contributed by atoms with Crippen molar-refractivity contribution >= 4 is 23.2 Å². The van der Waals surface area contributed by atoms with Gasteiger partial charge in [-0.1, -0.05) is 128 Å². The highest BCUT2D eigenvalue weighted by Gasteiger charge is 2.11. The van der Waals surface area contributed by atoms with Crippen molar-refractivity contribution in [3.05, 3.63) is 24.3 Å². The number of alkyl halides is 2. The van der Waals surface area contributed by atoms with E-state index < -0.39 is 0 Å². The van der Waals surface area contributed by atoms with Crippen LogP contribution in [0.5, 0.6) is 0 Å². The highest BCUT2D eigenvalue weighted by atomic mass is 35.5. The van der Waals surface area contributed by atoms with E-state index in [-0.39, 0.29) is 12.2 Å². The van der Waals surface area contributed by atoms with E-state index in [0.717, 1.165) is 51.4 Å². The molecule has 0 bridgehead atoms. The molecule has 0 aliphatic heterocycles. The summed E-state index contributed by atoms with van der Waals surface area (Å²) in [7, 11) is 0. The Balaban J connectivity index is 4.35. The summed E-state index contributed by atoms with van der Waals surface area (Å²) >= 11 is 11.6. The van der Waals surface area contributed by atoms with Gasteiger partial charge in [-0.15, -0.1) is 23.2 Å². The van der Waals surface area contributed by atoms with Gasteiger partial charge in [-0.05, 0) is 51.4 Å². The Morgan fingerprint density at radius 3 is 1.21 bits per heavy atom. The molecule has 3 nitrogen and oxygen atoms in total. The minimum absolute atomic E-state index is 0.247. The second-order valence-electron chi connectivity index (χ2n) is 10.9. The summed E-state index contributed by atoms with van der Waals surface area (Å²) in [4.78, 5) is 0. The van der Waals surface area contributed by atoms with Crippen LogP contribution >= 0.6 is 23.2 Å². The lowest BCUT2D eigenvalue weighted by atomic mass is 10.0. The van der Waals surface area contributed by atoms with Crippen molar-refractivity contribution in [1.29, 1.82) is 0 Å². The van der Waals surface area contributed by atoms with Crippen LogP contribution in [0.25, 0.3) is 0 Å². The Labute approximate surface area is 253 Å². The first-order valence-electron chi connectivity index (χ1n) is 16.5. The predicted molar refractivity (Wildman–Crippen MR) is 173 cm³/mol. The van der Waals surface area contributed by atoms with E-state index >= 15 is 0 Å². The van der Waals surface area contributed by atoms with E-state index in [9.17, 15) is 0 Å². The van der Waals surface area contributed by atoms with E-state index in [1.807, 2.05) is 0 Å². The quantitative estimate of drug-likeness (QED) is 0.0337. The molecule has 0 aromatic carbocycles. The third-order valence-corrected chi connectivity index (χ3v) is 7.67. The van der Waals surface area contributed by atoms with Crippen LogP contribution in [0.15, 0.2) is 24.3 Å². The first-order valence-corrected chi connectivity index (χ1v) is 17.6. The first-order chi connectivity index (χ1) is 19.3. The number of rotatable bonds is 32. The fraction of sp³-hybridized carbons (Fsp3) is 0.882. The Hall–Kier alpha value is -0.0600. The van der Waals surface area contributed by atoms with Crippen LogP contribution < -0.4 is 0 Å². The van der Waals surface area contributed by atoms with Gasteiger partial charge in [0.2, 0.25) is 0 Å². The summed E-state index contributed by atoms with van der Waals surface area (Å²) < 4.78 is 18.1. The van der Waals surface area contributed by atoms with Crippen LogP contribution in [0, 0.1) is 0 Å². The number of halogens is 2. The van der Waals surface area contributed by atoms with Crippen LogP contribution in [0.1, 0.15) is 155 Å². The maximum atomic E-state index is 6.16. The first kappa shape index (κ1) is 38.9. The van der Waals surface area contributed by atoms with Crippen molar-refractivity contribution in [3.8, 4) is 0 Å². The molecule has 0 saturated heterocycles. The molecule has 39 heavy (non-hydrogen) atoms. The SMILES string of the molecule is CCCCCCCCCC(CC/C=C\CCCl)OCOCOC(CC/C=C\CCCl)CCCCCCCCC. The number of hydrogen-bond acceptors (Lipinski definition) is 3. The third-order valence-electron chi connectivity index (χ3n) is 7.23. The smallest absolute Gasteiger partial charge is 0.149 e. The highest BCUT2D eigenvalue weighted by molar-refractivity contribution is 6.18. The molecule has 0 N–H and O–H groups in total. The summed E-state index contributed by atoms with van der Waals surface area (Å²) in [5, 5.41) is 0. The molecule has 0 amide bonds. The minimum Gasteiger partial charge on any atom is -0.352 e. The van der Waals surface area contributed by atoms with Crippen LogP contribution in [0.4, 0.5) is 0 Å². The molecule has 0 spiro atoms. The molecule has 0 heterocycles. The fourth-order valence-corrected chi connectivity index (χ4v) is 5.02. The maximum absolute atomic E-state index is 6.16. The Morgan fingerprint density at radius 1 is 0.462 bits per heavy atom. The zero-order chi connectivity index (χ0) is 28.5. The minimum atomic E-state index is 0.247. The van der Waals surface area contributed by atoms with Crippen LogP contribution in [-0.4, -0.2) is 37.6 Å². The zero-order valence-corrected chi connectivity index (χ0v) is 27.3. The number of unbranched alkanes of at least 4 members (excludes halogenated alkanes) is 12. The molecular formula is C34H64Cl2O3. The lowest BCUT2D eigenvalue weighted by Gasteiger charge is -2.20. The van der Waals surface area contributed by atoms with Crippen LogP contribution in [0.2, 0.25) is 0 Å². The molecule has 2 unspecified atom stereocenters. The van der Waals surface area contributed by atoms with Crippen molar-refractivity contribution in [2.24, 2.45) is 0 Å². The van der Waals surface area contributed by atoms with E-state index in [1.165, 1.54) is 89.9 Å². The van der Waals surface area contributed by atoms with Gasteiger partial charge in [-0.25, -0.2) is 0 Å². The largest absolute Gasteiger partial charge is 0.352 e. The second-order valence-corrected chi connectivity index (χ2v) is 11.6. The van der Waals surface area contributed by atoms with E-state index in [2.05, 4.69) is 38.2 Å². The maximum Gasteiger partial charge on any atom is 0.149 e. The molecule has 0 radical (unpaired) electrons. The Morgan fingerprint density at radius 2 is 0.821 bits per heavy atom. The van der Waals surface area contributed by atoms with E-state index in [4.69, 9.17) is 37.4 Å². The lowest BCUT2D eigenvalue weighted by molar-refractivity contribution is -0.167. The molecule has 0 aromatic heterocycles. The van der Waals surface area contributed by atoms with E-state index in [1.54, 1.807) is 0 Å². The second kappa shape index (κ2) is 34.1. The third kappa shape index (κ3) is 30.7. The van der Waals surface area contributed by atoms with Gasteiger partial charge in [-0.3, -0.25) is 0 Å². The van der Waals surface area contributed by atoms with Gasteiger partial charge in [0.25, 0.3) is 0 Å². The topological polar surface area (TPSA) is 27.7 Å². The monoisotopic (exact) mass is 590 g/mol. The zero-order valence-electron chi connectivity index (χ0n) is 25.8. The normalized spacial score (nSPS) is 13.6. The molecule has 0 rings (SSSR count). The summed E-state index contributed by atoms with van der Waals surface area (Å²) in [6, 6.07) is 0. The average molecular weight is 592 g/mol. The summed E-state index contributed by atoms with van der Waals surface area (Å²) in [5.74, 6) is 1.37. The predicted octanol–water partition coefficient (Wildman–Crippen LogP) is 11.9. The standard InChI is InChI=1S/C34H64Cl2O3/c1-3-5-7-9-11-13-19-25-33(27-21-15-17-23-29-35)38-31-37-32-39-34(28-22-16-18-24-30-36)26-20-14-12-10-8-6-4-2/h15-18,33-34H,3-14,19-32H2,1-2H3/b17-15-,18-16-. The number of allylic oxidation sites excluding steroid dienone is 4. The Bertz CT molecular complexity index is 469. The van der Waals surface area contributed by atoms with Crippen LogP contribution in [0.3, 0.4) is 0 Å². The van der Waals surface area contributed by atoms with Crippen LogP contribution in [-0.2, 0) is 14.2 Å². The van der Waals surface area contributed by atoms with Crippen molar-refractivity contribution in [3.63, 3.8) is 0 Å². The molecule has 5 heteroatoms. The molecule has 0 aliphatic carbocycles. The van der Waals surface area contributed by atoms with Gasteiger partial charge >= 0.3 is 0 Å². The summed E-state index contributed by atoms with van der Waals surface area (Å²) in [5.41, 5.74) is 0. The van der Waals surface area contributed by atoms with Gasteiger partial charge in [0.1, 0.15) is 13.6 Å². The summed E-state index contributed by atoms with van der Waals surface area (Å²) in [6.07, 6.45) is 36.1. The summed E-state index contributed by atoms with van der Waals surface area (Å²) in [6.45, 7) is 5.17. The van der Waals surface area contributed by atoms with Crippen molar-refractivity contribution in [2.45, 2.75) is 167 Å². The molecule has 0 fully saturated rings. The van der Waals surface area contributed by atoms with Gasteiger partial charge in [0, 0.05) is 11.8 Å². The van der Waals surface area contributed by atoms with Crippen molar-refractivity contribution < 1.29 is 14.2 Å². The van der Waals surface area contributed by atoms with Crippen molar-refractivity contribution in [2.75, 3.05) is 25.3 Å². The molecule has 232 valence electrons. The molecule has 0 aliphatic rings. The molecule has 0 saturated carbocycles. The van der Waals surface area contributed by atoms with Crippen molar-refractivity contribution in [1.82, 2.24) is 0 Å². The fourth-order valence-electron chi connectivity index (χ4n) is 4.76. The molecular weight excluding hydrogens is 527 g/mol. The highest BCUT2D eigenvalue weighted by Crippen LogP contribution is 2.17. The lowest BCUT2D eigenvalue weighted by Crippen LogP contribution is -2.19.